The molecule has 17 heavy (non-hydrogen) atoms. The first-order valence-corrected chi connectivity index (χ1v) is 5.69. The van der Waals surface area contributed by atoms with Gasteiger partial charge in [-0.1, -0.05) is 0 Å². The fourth-order valence-corrected chi connectivity index (χ4v) is 1.87. The smallest absolute Gasteiger partial charge is 0.337 e. The van der Waals surface area contributed by atoms with Gasteiger partial charge in [-0.15, -0.1) is 0 Å². The van der Waals surface area contributed by atoms with Crippen molar-refractivity contribution in [3.63, 3.8) is 0 Å². The van der Waals surface area contributed by atoms with Gasteiger partial charge in [-0.25, -0.2) is 4.79 Å². The number of carboxylic acid groups (broad SMARTS) is 1. The van der Waals surface area contributed by atoms with E-state index in [-0.39, 0.29) is 6.04 Å². The van der Waals surface area contributed by atoms with Crippen molar-refractivity contribution < 1.29 is 14.6 Å². The summed E-state index contributed by atoms with van der Waals surface area (Å²) >= 11 is 0. The van der Waals surface area contributed by atoms with Crippen LogP contribution in [0.15, 0.2) is 18.2 Å². The molecular weight excluding hydrogens is 218 g/mol. The van der Waals surface area contributed by atoms with Crippen molar-refractivity contribution in [2.45, 2.75) is 26.8 Å². The van der Waals surface area contributed by atoms with Crippen LogP contribution < -0.4 is 9.64 Å². The summed E-state index contributed by atoms with van der Waals surface area (Å²) in [4.78, 5) is 13.2. The van der Waals surface area contributed by atoms with Crippen LogP contribution in [-0.4, -0.2) is 30.8 Å². The van der Waals surface area contributed by atoms with Gasteiger partial charge in [0.25, 0.3) is 0 Å². The maximum absolute atomic E-state index is 11.2. The van der Waals surface area contributed by atoms with Gasteiger partial charge in [0.1, 0.15) is 5.75 Å². The predicted octanol–water partition coefficient (Wildman–Crippen LogP) is 2.63. The maximum Gasteiger partial charge on any atom is 0.337 e. The normalized spacial score (nSPS) is 10.4. The standard InChI is InChI=1S/C13H19NO3/c1-5-14(9(2)3)12-8-10(17-4)6-7-11(12)13(15)16/h6-9H,5H2,1-4H3,(H,15,16). The van der Waals surface area contributed by atoms with Crippen molar-refractivity contribution in [3.05, 3.63) is 23.8 Å². The highest BCUT2D eigenvalue weighted by Crippen LogP contribution is 2.27. The van der Waals surface area contributed by atoms with Crippen LogP contribution in [0.5, 0.6) is 5.75 Å². The van der Waals surface area contributed by atoms with Gasteiger partial charge in [-0.2, -0.15) is 0 Å². The van der Waals surface area contributed by atoms with Crippen molar-refractivity contribution in [3.8, 4) is 5.75 Å². The molecule has 1 aromatic carbocycles. The summed E-state index contributed by atoms with van der Waals surface area (Å²) in [5.74, 6) is -0.245. The minimum absolute atomic E-state index is 0.241. The Morgan fingerprint density at radius 1 is 1.47 bits per heavy atom. The lowest BCUT2D eigenvalue weighted by atomic mass is 10.1. The molecule has 0 fully saturated rings. The van der Waals surface area contributed by atoms with E-state index in [1.54, 1.807) is 25.3 Å². The first-order valence-electron chi connectivity index (χ1n) is 5.69. The Kier molecular flexibility index (Phi) is 4.37. The van der Waals surface area contributed by atoms with Crippen LogP contribution in [0.3, 0.4) is 0 Å². The van der Waals surface area contributed by atoms with Gasteiger partial charge in [-0.3, -0.25) is 0 Å². The molecule has 0 bridgehead atoms. The van der Waals surface area contributed by atoms with Gasteiger partial charge in [0.2, 0.25) is 0 Å². The zero-order valence-corrected chi connectivity index (χ0v) is 10.7. The largest absolute Gasteiger partial charge is 0.497 e. The molecule has 0 aliphatic carbocycles. The van der Waals surface area contributed by atoms with E-state index >= 15 is 0 Å². The zero-order chi connectivity index (χ0) is 13.0. The summed E-state index contributed by atoms with van der Waals surface area (Å²) in [5, 5.41) is 9.19. The summed E-state index contributed by atoms with van der Waals surface area (Å²) in [6.07, 6.45) is 0. The molecule has 4 nitrogen and oxygen atoms in total. The molecule has 0 aliphatic heterocycles. The highest BCUT2D eigenvalue weighted by atomic mass is 16.5. The highest BCUT2D eigenvalue weighted by molar-refractivity contribution is 5.95. The van der Waals surface area contributed by atoms with Gasteiger partial charge in [0, 0.05) is 18.7 Å². The van der Waals surface area contributed by atoms with Crippen molar-refractivity contribution in [2.24, 2.45) is 0 Å². The summed E-state index contributed by atoms with van der Waals surface area (Å²) in [6.45, 7) is 6.83. The second-order valence-corrected chi connectivity index (χ2v) is 4.07. The van der Waals surface area contributed by atoms with Crippen LogP contribution in [0.2, 0.25) is 0 Å². The molecular formula is C13H19NO3. The van der Waals surface area contributed by atoms with E-state index in [1.807, 2.05) is 25.7 Å². The number of benzene rings is 1. The topological polar surface area (TPSA) is 49.8 Å². The molecule has 1 aromatic rings. The average molecular weight is 237 g/mol. The Hall–Kier alpha value is -1.71. The minimum Gasteiger partial charge on any atom is -0.497 e. The third kappa shape index (κ3) is 2.90. The summed E-state index contributed by atoms with van der Waals surface area (Å²) in [6, 6.07) is 5.26. The Morgan fingerprint density at radius 3 is 2.53 bits per heavy atom. The average Bonchev–Trinajstić information content (AvgIpc) is 2.29. The Balaban J connectivity index is 3.29. The lowest BCUT2D eigenvalue weighted by molar-refractivity contribution is 0.0697. The molecule has 0 atom stereocenters. The van der Waals surface area contributed by atoms with Crippen LogP contribution in [0.4, 0.5) is 5.69 Å². The number of methoxy groups -OCH3 is 1. The first kappa shape index (κ1) is 13.4. The van der Waals surface area contributed by atoms with E-state index in [2.05, 4.69) is 0 Å². The second kappa shape index (κ2) is 5.57. The monoisotopic (exact) mass is 237 g/mol. The highest BCUT2D eigenvalue weighted by Gasteiger charge is 2.17. The number of carboxylic acids is 1. The zero-order valence-electron chi connectivity index (χ0n) is 10.7. The third-order valence-corrected chi connectivity index (χ3v) is 2.71. The number of hydrogen-bond donors (Lipinski definition) is 1. The van der Waals surface area contributed by atoms with Crippen molar-refractivity contribution in [1.29, 1.82) is 0 Å². The van der Waals surface area contributed by atoms with Crippen LogP contribution in [0.1, 0.15) is 31.1 Å². The molecule has 0 aliphatic rings. The number of ether oxygens (including phenoxy) is 1. The van der Waals surface area contributed by atoms with Gasteiger partial charge in [-0.05, 0) is 32.9 Å². The lowest BCUT2D eigenvalue weighted by Crippen LogP contribution is -2.31. The van der Waals surface area contributed by atoms with Crippen LogP contribution in [0, 0.1) is 0 Å². The van der Waals surface area contributed by atoms with Gasteiger partial charge < -0.3 is 14.7 Å². The van der Waals surface area contributed by atoms with Crippen molar-refractivity contribution in [1.82, 2.24) is 0 Å². The number of rotatable bonds is 5. The van der Waals surface area contributed by atoms with E-state index in [1.165, 1.54) is 0 Å². The van der Waals surface area contributed by atoms with Gasteiger partial charge in [0.05, 0.1) is 18.4 Å². The number of nitrogens with zero attached hydrogens (tertiary/aromatic N) is 1. The molecule has 0 radical (unpaired) electrons. The molecule has 0 saturated heterocycles. The summed E-state index contributed by atoms with van der Waals surface area (Å²) in [5.41, 5.74) is 1.01. The lowest BCUT2D eigenvalue weighted by Gasteiger charge is -2.29. The van der Waals surface area contributed by atoms with Crippen LogP contribution in [-0.2, 0) is 0 Å². The molecule has 0 unspecified atom stereocenters. The molecule has 0 saturated carbocycles. The van der Waals surface area contributed by atoms with E-state index in [4.69, 9.17) is 4.74 Å². The molecule has 0 amide bonds. The fourth-order valence-electron chi connectivity index (χ4n) is 1.87. The number of aromatic carboxylic acids is 1. The molecule has 94 valence electrons. The van der Waals surface area contributed by atoms with E-state index < -0.39 is 5.97 Å². The predicted molar refractivity (Wildman–Crippen MR) is 68.1 cm³/mol. The Morgan fingerprint density at radius 2 is 2.12 bits per heavy atom. The SMILES string of the molecule is CCN(c1cc(OC)ccc1C(=O)O)C(C)C. The van der Waals surface area contributed by atoms with E-state index in [0.717, 1.165) is 6.54 Å². The van der Waals surface area contributed by atoms with Crippen LogP contribution in [0.25, 0.3) is 0 Å². The Bertz CT molecular complexity index is 402. The van der Waals surface area contributed by atoms with Crippen LogP contribution >= 0.6 is 0 Å². The molecule has 1 rings (SSSR count). The molecule has 0 spiro atoms. The van der Waals surface area contributed by atoms with E-state index in [9.17, 15) is 9.90 Å². The number of anilines is 1. The van der Waals surface area contributed by atoms with E-state index in [0.29, 0.717) is 17.0 Å². The second-order valence-electron chi connectivity index (χ2n) is 4.07. The number of carbonyl (C=O) groups is 1. The fraction of sp³-hybridized carbons (Fsp3) is 0.462. The van der Waals surface area contributed by atoms with Crippen molar-refractivity contribution >= 4 is 11.7 Å². The maximum atomic E-state index is 11.2. The van der Waals surface area contributed by atoms with Gasteiger partial charge in [0.15, 0.2) is 0 Å². The van der Waals surface area contributed by atoms with Gasteiger partial charge >= 0.3 is 5.97 Å². The molecule has 1 N–H and O–H groups in total. The minimum atomic E-state index is -0.915. The summed E-state index contributed by atoms with van der Waals surface area (Å²) < 4.78 is 5.14. The first-order chi connectivity index (χ1) is 8.01. The quantitative estimate of drug-likeness (QED) is 0.855. The summed E-state index contributed by atoms with van der Waals surface area (Å²) in [7, 11) is 1.57. The molecule has 4 heteroatoms. The third-order valence-electron chi connectivity index (χ3n) is 2.71. The number of hydrogen-bond acceptors (Lipinski definition) is 3. The molecule has 0 heterocycles. The van der Waals surface area contributed by atoms with Crippen molar-refractivity contribution in [2.75, 3.05) is 18.6 Å². The molecule has 0 aromatic heterocycles. The Labute approximate surface area is 102 Å².